The number of ketones is 1. The number of Topliss-reactive ketones (excluding diaryl/α,β-unsaturated/α-hetero) is 1. The molecule has 0 amide bonds. The molecule has 5 heteroatoms. The lowest BCUT2D eigenvalue weighted by Crippen LogP contribution is -2.35. The van der Waals surface area contributed by atoms with Crippen LogP contribution in [-0.2, 0) is 11.2 Å². The third-order valence-electron chi connectivity index (χ3n) is 4.51. The number of nitrogens with one attached hydrogen (secondary N) is 1. The van der Waals surface area contributed by atoms with Crippen LogP contribution in [-0.4, -0.2) is 36.2 Å². The van der Waals surface area contributed by atoms with Gasteiger partial charge < -0.3 is 19.9 Å². The zero-order valence-electron chi connectivity index (χ0n) is 15.1. The van der Waals surface area contributed by atoms with E-state index in [2.05, 4.69) is 12.2 Å². The molecule has 2 aromatic rings. The largest absolute Gasteiger partial charge is 0.485 e. The van der Waals surface area contributed by atoms with E-state index in [1.165, 1.54) is 6.92 Å². The molecule has 0 saturated heterocycles. The molecule has 1 aliphatic rings. The average molecular weight is 355 g/mol. The van der Waals surface area contributed by atoms with Crippen LogP contribution in [0, 0.1) is 0 Å². The van der Waals surface area contributed by atoms with Crippen LogP contribution in [0.1, 0.15) is 31.1 Å². The number of carbonyl (C=O) groups excluding carboxylic acids is 1. The molecule has 26 heavy (non-hydrogen) atoms. The first-order valence-electron chi connectivity index (χ1n) is 8.92. The van der Waals surface area contributed by atoms with Crippen molar-refractivity contribution in [2.45, 2.75) is 38.5 Å². The Morgan fingerprint density at radius 1 is 1.23 bits per heavy atom. The molecular weight excluding hydrogens is 330 g/mol. The molecule has 2 N–H and O–H groups in total. The van der Waals surface area contributed by atoms with Crippen LogP contribution >= 0.6 is 0 Å². The Hall–Kier alpha value is -2.37. The van der Waals surface area contributed by atoms with Gasteiger partial charge in [0, 0.05) is 12.6 Å². The number of fused-ring (bicyclic) bond motifs is 1. The fraction of sp³-hybridized carbons (Fsp3) is 0.381. The normalized spacial score (nSPS) is 18.2. The summed E-state index contributed by atoms with van der Waals surface area (Å²) < 4.78 is 11.3. The Morgan fingerprint density at radius 3 is 2.73 bits per heavy atom. The van der Waals surface area contributed by atoms with Gasteiger partial charge in [0.2, 0.25) is 0 Å². The van der Waals surface area contributed by atoms with E-state index in [4.69, 9.17) is 9.47 Å². The van der Waals surface area contributed by atoms with Crippen LogP contribution in [0.15, 0.2) is 48.5 Å². The Balaban J connectivity index is 1.53. The molecule has 0 spiro atoms. The first kappa shape index (κ1) is 18.4. The molecular formula is C21H25NO4. The summed E-state index contributed by atoms with van der Waals surface area (Å²) in [6.45, 7) is 4.34. The van der Waals surface area contributed by atoms with E-state index in [1.54, 1.807) is 0 Å². The van der Waals surface area contributed by atoms with Crippen molar-refractivity contribution >= 4 is 5.78 Å². The molecule has 0 radical (unpaired) electrons. The highest BCUT2D eigenvalue weighted by Gasteiger charge is 2.24. The van der Waals surface area contributed by atoms with E-state index in [0.29, 0.717) is 18.0 Å². The number of carbonyl (C=O) groups is 1. The Morgan fingerprint density at radius 2 is 2.00 bits per heavy atom. The van der Waals surface area contributed by atoms with Crippen LogP contribution in [0.4, 0.5) is 0 Å². The predicted octanol–water partition coefficient (Wildman–Crippen LogP) is 2.67. The molecule has 3 rings (SSSR count). The molecule has 0 aromatic heterocycles. The molecule has 0 fully saturated rings. The third-order valence-corrected chi connectivity index (χ3v) is 4.51. The number of aliphatic hydroxyl groups is 1. The summed E-state index contributed by atoms with van der Waals surface area (Å²) in [6, 6.07) is 15.6. The molecule has 3 atom stereocenters. The Labute approximate surface area is 153 Å². The molecule has 0 saturated carbocycles. The van der Waals surface area contributed by atoms with Crippen molar-refractivity contribution in [1.82, 2.24) is 5.32 Å². The van der Waals surface area contributed by atoms with Gasteiger partial charge in [-0.05, 0) is 43.5 Å². The monoisotopic (exact) mass is 355 g/mol. The van der Waals surface area contributed by atoms with Crippen LogP contribution < -0.4 is 14.8 Å². The molecule has 2 aromatic carbocycles. The maximum absolute atomic E-state index is 11.4. The van der Waals surface area contributed by atoms with Gasteiger partial charge in [-0.1, -0.05) is 36.4 Å². The van der Waals surface area contributed by atoms with E-state index in [9.17, 15) is 9.90 Å². The summed E-state index contributed by atoms with van der Waals surface area (Å²) in [7, 11) is 0. The van der Waals surface area contributed by atoms with Crippen molar-refractivity contribution in [3.8, 4) is 11.5 Å². The smallest absolute Gasteiger partial charge is 0.190 e. The van der Waals surface area contributed by atoms with Gasteiger partial charge in [-0.2, -0.15) is 0 Å². The Bertz CT molecular complexity index is 747. The molecule has 0 unspecified atom stereocenters. The zero-order chi connectivity index (χ0) is 18.5. The maximum Gasteiger partial charge on any atom is 0.190 e. The van der Waals surface area contributed by atoms with Gasteiger partial charge in [-0.3, -0.25) is 4.79 Å². The maximum atomic E-state index is 11.4. The number of hydrogen-bond acceptors (Lipinski definition) is 5. The lowest BCUT2D eigenvalue weighted by molar-refractivity contribution is -0.125. The number of benzene rings is 2. The summed E-state index contributed by atoms with van der Waals surface area (Å²) in [5.74, 6) is 1.26. The van der Waals surface area contributed by atoms with Crippen molar-refractivity contribution < 1.29 is 19.4 Å². The molecule has 138 valence electrons. The van der Waals surface area contributed by atoms with E-state index < -0.39 is 12.2 Å². The predicted molar refractivity (Wildman–Crippen MR) is 99.6 cm³/mol. The average Bonchev–Trinajstić information content (AvgIpc) is 2.66. The van der Waals surface area contributed by atoms with Crippen molar-refractivity contribution in [2.24, 2.45) is 0 Å². The number of rotatable bonds is 7. The van der Waals surface area contributed by atoms with E-state index >= 15 is 0 Å². The highest BCUT2D eigenvalue weighted by atomic mass is 16.6. The molecule has 0 bridgehead atoms. The van der Waals surface area contributed by atoms with Gasteiger partial charge in [-0.25, -0.2) is 0 Å². The Kier molecular flexibility index (Phi) is 5.91. The lowest BCUT2D eigenvalue weighted by atomic mass is 10.0. The second-order valence-electron chi connectivity index (χ2n) is 6.75. The van der Waals surface area contributed by atoms with Gasteiger partial charge in [0.25, 0.3) is 0 Å². The van der Waals surface area contributed by atoms with Crippen molar-refractivity contribution in [1.29, 1.82) is 0 Å². The number of aliphatic hydroxyl groups excluding tert-OH is 1. The van der Waals surface area contributed by atoms with Gasteiger partial charge in [0.05, 0.1) is 6.10 Å². The summed E-state index contributed by atoms with van der Waals surface area (Å²) in [5, 5.41) is 13.6. The van der Waals surface area contributed by atoms with Crippen molar-refractivity contribution in [3.05, 3.63) is 59.7 Å². The van der Waals surface area contributed by atoms with E-state index in [0.717, 1.165) is 17.5 Å². The fourth-order valence-corrected chi connectivity index (χ4v) is 2.97. The summed E-state index contributed by atoms with van der Waals surface area (Å²) >= 11 is 0. The van der Waals surface area contributed by atoms with Gasteiger partial charge >= 0.3 is 0 Å². The highest BCUT2D eigenvalue weighted by Crippen LogP contribution is 2.33. The second kappa shape index (κ2) is 8.34. The van der Waals surface area contributed by atoms with Crippen LogP contribution in [0.3, 0.4) is 0 Å². The van der Waals surface area contributed by atoms with Gasteiger partial charge in [0.1, 0.15) is 6.61 Å². The third kappa shape index (κ3) is 4.62. The summed E-state index contributed by atoms with van der Waals surface area (Å²) in [4.78, 5) is 11.4. The first-order valence-corrected chi connectivity index (χ1v) is 8.92. The minimum Gasteiger partial charge on any atom is -0.485 e. The topological polar surface area (TPSA) is 67.8 Å². The van der Waals surface area contributed by atoms with E-state index in [1.807, 2.05) is 48.5 Å². The number of ether oxygens (including phenoxy) is 2. The van der Waals surface area contributed by atoms with Crippen molar-refractivity contribution in [3.63, 3.8) is 0 Å². The summed E-state index contributed by atoms with van der Waals surface area (Å²) in [6.07, 6.45) is -0.246. The van der Waals surface area contributed by atoms with Crippen LogP contribution in [0.2, 0.25) is 0 Å². The van der Waals surface area contributed by atoms with Crippen LogP contribution in [0.5, 0.6) is 11.5 Å². The highest BCUT2D eigenvalue weighted by molar-refractivity contribution is 5.81. The SMILES string of the molecule is CC(=O)[C@H]1COc2cc(C[C@@H](C)NC[C@@H](O)c3ccccc3)ccc2O1. The standard InChI is InChI=1S/C21H25NO4/c1-14(22-12-18(24)17-6-4-3-5-7-17)10-16-8-9-19-20(11-16)25-13-21(26-19)15(2)23/h3-9,11,14,18,21-22,24H,10,12-13H2,1-2H3/t14-,18-,21-/m1/s1. The molecule has 5 nitrogen and oxygen atoms in total. The van der Waals surface area contributed by atoms with Crippen molar-refractivity contribution in [2.75, 3.05) is 13.2 Å². The minimum atomic E-state index is -0.526. The van der Waals surface area contributed by atoms with E-state index in [-0.39, 0.29) is 18.4 Å². The molecule has 0 aliphatic carbocycles. The molecule has 1 heterocycles. The quantitative estimate of drug-likeness (QED) is 0.799. The lowest BCUT2D eigenvalue weighted by Gasteiger charge is -2.25. The first-order chi connectivity index (χ1) is 12.5. The van der Waals surface area contributed by atoms with Gasteiger partial charge in [0.15, 0.2) is 23.4 Å². The minimum absolute atomic E-state index is 0.0328. The summed E-state index contributed by atoms with van der Waals surface area (Å²) in [5.41, 5.74) is 2.02. The number of hydrogen-bond donors (Lipinski definition) is 2. The molecule has 1 aliphatic heterocycles. The zero-order valence-corrected chi connectivity index (χ0v) is 15.1. The fourth-order valence-electron chi connectivity index (χ4n) is 2.97. The second-order valence-corrected chi connectivity index (χ2v) is 6.75. The van der Waals surface area contributed by atoms with Crippen LogP contribution in [0.25, 0.3) is 0 Å². The van der Waals surface area contributed by atoms with Gasteiger partial charge in [-0.15, -0.1) is 0 Å².